The molecule has 0 saturated heterocycles. The predicted molar refractivity (Wildman–Crippen MR) is 43.0 cm³/mol. The molecule has 0 spiro atoms. The lowest BCUT2D eigenvalue weighted by atomic mass is 10.3. The smallest absolute Gasteiger partial charge is 0.330 e. The summed E-state index contributed by atoms with van der Waals surface area (Å²) >= 11 is 0. The number of methoxy groups -OCH3 is 1. The minimum absolute atomic E-state index is 0.254. The summed E-state index contributed by atoms with van der Waals surface area (Å²) < 4.78 is 56.7. The third-order valence-electron chi connectivity index (χ3n) is 1.56. The number of rotatable bonds is 6. The SMILES string of the molecule is COC(=O)CC(C)OCC(F)(F)C(F)F. The van der Waals surface area contributed by atoms with Gasteiger partial charge < -0.3 is 9.47 Å². The Bertz CT molecular complexity index is 208. The Hall–Kier alpha value is -0.850. The number of alkyl halides is 4. The standard InChI is InChI=1S/C8H12F4O3/c1-5(3-6(13)14-2)15-4-8(11,12)7(9)10/h5,7H,3-4H2,1-2H3. The quantitative estimate of drug-likeness (QED) is 0.518. The minimum atomic E-state index is -4.19. The van der Waals surface area contributed by atoms with Crippen molar-refractivity contribution in [3.05, 3.63) is 0 Å². The van der Waals surface area contributed by atoms with Gasteiger partial charge in [0.15, 0.2) is 0 Å². The summed E-state index contributed by atoms with van der Waals surface area (Å²) in [5.41, 5.74) is 0. The molecule has 1 atom stereocenters. The van der Waals surface area contributed by atoms with Crippen LogP contribution in [0.25, 0.3) is 0 Å². The number of hydrogen-bond acceptors (Lipinski definition) is 3. The van der Waals surface area contributed by atoms with E-state index in [2.05, 4.69) is 9.47 Å². The molecule has 1 unspecified atom stereocenters. The van der Waals surface area contributed by atoms with E-state index in [4.69, 9.17) is 0 Å². The van der Waals surface area contributed by atoms with E-state index in [9.17, 15) is 22.4 Å². The van der Waals surface area contributed by atoms with Crippen LogP contribution in [0.5, 0.6) is 0 Å². The number of carbonyl (C=O) groups is 1. The minimum Gasteiger partial charge on any atom is -0.469 e. The highest BCUT2D eigenvalue weighted by Crippen LogP contribution is 2.23. The molecule has 0 aliphatic carbocycles. The number of ether oxygens (including phenoxy) is 2. The van der Waals surface area contributed by atoms with Crippen LogP contribution in [0.15, 0.2) is 0 Å². The Labute approximate surface area is 84.3 Å². The van der Waals surface area contributed by atoms with E-state index >= 15 is 0 Å². The molecule has 7 heteroatoms. The second kappa shape index (κ2) is 5.89. The van der Waals surface area contributed by atoms with Crippen LogP contribution in [0.4, 0.5) is 17.6 Å². The van der Waals surface area contributed by atoms with E-state index in [-0.39, 0.29) is 6.42 Å². The molecule has 0 fully saturated rings. The molecular weight excluding hydrogens is 220 g/mol. The van der Waals surface area contributed by atoms with Crippen LogP contribution in [0, 0.1) is 0 Å². The van der Waals surface area contributed by atoms with Gasteiger partial charge in [-0.05, 0) is 6.92 Å². The summed E-state index contributed by atoms with van der Waals surface area (Å²) in [5.74, 6) is -4.84. The molecule has 0 aliphatic rings. The Balaban J connectivity index is 3.90. The van der Waals surface area contributed by atoms with Crippen molar-refractivity contribution in [1.82, 2.24) is 0 Å². The summed E-state index contributed by atoms with van der Waals surface area (Å²) in [6.07, 6.45) is -4.92. The van der Waals surface area contributed by atoms with Gasteiger partial charge in [0.2, 0.25) is 0 Å². The number of hydrogen-bond donors (Lipinski definition) is 0. The van der Waals surface area contributed by atoms with Crippen molar-refractivity contribution in [2.75, 3.05) is 13.7 Å². The third-order valence-corrected chi connectivity index (χ3v) is 1.56. The van der Waals surface area contributed by atoms with E-state index < -0.39 is 31.0 Å². The second-order valence-corrected chi connectivity index (χ2v) is 2.96. The van der Waals surface area contributed by atoms with E-state index in [0.717, 1.165) is 7.11 Å². The lowest BCUT2D eigenvalue weighted by molar-refractivity contribution is -0.177. The van der Waals surface area contributed by atoms with Crippen molar-refractivity contribution in [2.45, 2.75) is 31.8 Å². The van der Waals surface area contributed by atoms with Crippen molar-refractivity contribution < 1.29 is 31.8 Å². The Kier molecular flexibility index (Phi) is 5.56. The zero-order valence-electron chi connectivity index (χ0n) is 8.31. The van der Waals surface area contributed by atoms with Gasteiger partial charge in [-0.3, -0.25) is 4.79 Å². The van der Waals surface area contributed by atoms with Gasteiger partial charge in [-0.25, -0.2) is 8.78 Å². The van der Waals surface area contributed by atoms with Crippen LogP contribution in [0.1, 0.15) is 13.3 Å². The fourth-order valence-electron chi connectivity index (χ4n) is 0.693. The van der Waals surface area contributed by atoms with Crippen LogP contribution in [-0.4, -0.2) is 38.1 Å². The maximum atomic E-state index is 12.3. The first-order valence-electron chi connectivity index (χ1n) is 4.14. The first-order chi connectivity index (χ1) is 6.79. The monoisotopic (exact) mass is 232 g/mol. The molecule has 0 bridgehead atoms. The fourth-order valence-corrected chi connectivity index (χ4v) is 0.693. The molecule has 0 saturated carbocycles. The van der Waals surface area contributed by atoms with Crippen molar-refractivity contribution in [1.29, 1.82) is 0 Å². The molecule has 0 aromatic carbocycles. The highest BCUT2D eigenvalue weighted by Gasteiger charge is 2.41. The van der Waals surface area contributed by atoms with Gasteiger partial charge in [0.05, 0.1) is 19.6 Å². The maximum absolute atomic E-state index is 12.3. The average Bonchev–Trinajstić information content (AvgIpc) is 2.14. The molecule has 0 heterocycles. The molecule has 0 N–H and O–H groups in total. The van der Waals surface area contributed by atoms with Crippen molar-refractivity contribution >= 4 is 5.97 Å². The zero-order valence-corrected chi connectivity index (χ0v) is 8.31. The molecule has 15 heavy (non-hydrogen) atoms. The molecule has 0 aromatic heterocycles. The number of esters is 1. The summed E-state index contributed by atoms with van der Waals surface area (Å²) in [7, 11) is 1.13. The Morgan fingerprint density at radius 2 is 1.93 bits per heavy atom. The summed E-state index contributed by atoms with van der Waals surface area (Å²) in [6.45, 7) is -0.0959. The van der Waals surface area contributed by atoms with Crippen LogP contribution < -0.4 is 0 Å². The topological polar surface area (TPSA) is 35.5 Å². The summed E-state index contributed by atoms with van der Waals surface area (Å²) in [4.78, 5) is 10.6. The van der Waals surface area contributed by atoms with E-state index in [1.807, 2.05) is 0 Å². The van der Waals surface area contributed by atoms with Crippen LogP contribution >= 0.6 is 0 Å². The number of halogens is 4. The van der Waals surface area contributed by atoms with Gasteiger partial charge in [0.1, 0.15) is 6.61 Å². The van der Waals surface area contributed by atoms with E-state index in [0.29, 0.717) is 0 Å². The van der Waals surface area contributed by atoms with Gasteiger partial charge in [0, 0.05) is 0 Å². The predicted octanol–water partition coefficient (Wildman–Crippen LogP) is 1.85. The summed E-state index contributed by atoms with van der Waals surface area (Å²) in [6, 6.07) is 0. The van der Waals surface area contributed by atoms with Crippen LogP contribution in [0.3, 0.4) is 0 Å². The van der Waals surface area contributed by atoms with Gasteiger partial charge in [-0.1, -0.05) is 0 Å². The second-order valence-electron chi connectivity index (χ2n) is 2.96. The normalized spacial score (nSPS) is 14.1. The van der Waals surface area contributed by atoms with Crippen LogP contribution in [-0.2, 0) is 14.3 Å². The Morgan fingerprint density at radius 1 is 1.40 bits per heavy atom. The van der Waals surface area contributed by atoms with Crippen molar-refractivity contribution in [3.8, 4) is 0 Å². The van der Waals surface area contributed by atoms with Gasteiger partial charge in [-0.15, -0.1) is 0 Å². The zero-order chi connectivity index (χ0) is 12.1. The molecule has 0 aromatic rings. The molecule has 90 valence electrons. The molecule has 0 rings (SSSR count). The van der Waals surface area contributed by atoms with E-state index in [1.54, 1.807) is 0 Å². The molecular formula is C8H12F4O3. The number of carbonyl (C=O) groups excluding carboxylic acids is 1. The Morgan fingerprint density at radius 3 is 2.33 bits per heavy atom. The van der Waals surface area contributed by atoms with Crippen molar-refractivity contribution in [3.63, 3.8) is 0 Å². The lowest BCUT2D eigenvalue weighted by Gasteiger charge is -2.18. The third kappa shape index (κ3) is 5.56. The maximum Gasteiger partial charge on any atom is 0.330 e. The molecule has 0 aliphatic heterocycles. The van der Waals surface area contributed by atoms with E-state index in [1.165, 1.54) is 6.92 Å². The van der Waals surface area contributed by atoms with Crippen molar-refractivity contribution in [2.24, 2.45) is 0 Å². The summed E-state index contributed by atoms with van der Waals surface area (Å²) in [5, 5.41) is 0. The van der Waals surface area contributed by atoms with Gasteiger partial charge >= 0.3 is 18.3 Å². The van der Waals surface area contributed by atoms with Gasteiger partial charge in [-0.2, -0.15) is 8.78 Å². The molecule has 3 nitrogen and oxygen atoms in total. The fraction of sp³-hybridized carbons (Fsp3) is 0.875. The molecule has 0 amide bonds. The highest BCUT2D eigenvalue weighted by atomic mass is 19.3. The largest absolute Gasteiger partial charge is 0.469 e. The first-order valence-corrected chi connectivity index (χ1v) is 4.14. The van der Waals surface area contributed by atoms with Crippen LogP contribution in [0.2, 0.25) is 0 Å². The highest BCUT2D eigenvalue weighted by molar-refractivity contribution is 5.69. The molecule has 0 radical (unpaired) electrons. The average molecular weight is 232 g/mol. The lowest BCUT2D eigenvalue weighted by Crippen LogP contribution is -2.34. The van der Waals surface area contributed by atoms with Gasteiger partial charge in [0.25, 0.3) is 0 Å². The first kappa shape index (κ1) is 14.2.